The van der Waals surface area contributed by atoms with Crippen molar-refractivity contribution >= 4 is 23.4 Å². The van der Waals surface area contributed by atoms with Crippen LogP contribution in [0.25, 0.3) is 11.5 Å². The minimum Gasteiger partial charge on any atom is -0.308 e. The van der Waals surface area contributed by atoms with Crippen LogP contribution in [-0.4, -0.2) is 47.6 Å². The molecule has 1 fully saturated rings. The average molecular weight is 341 g/mol. The number of carbonyl (C=O) groups excluding carboxylic acids is 1. The van der Waals surface area contributed by atoms with Gasteiger partial charge in [-0.2, -0.15) is 10.1 Å². The van der Waals surface area contributed by atoms with Crippen LogP contribution in [0.15, 0.2) is 41.9 Å². The van der Waals surface area contributed by atoms with Crippen LogP contribution in [0.3, 0.4) is 0 Å². The predicted octanol–water partition coefficient (Wildman–Crippen LogP) is 1.50. The van der Waals surface area contributed by atoms with Crippen molar-refractivity contribution < 1.29 is 4.79 Å². The number of pyridine rings is 1. The Hall–Kier alpha value is -2.68. The van der Waals surface area contributed by atoms with Gasteiger partial charge in [-0.25, -0.2) is 0 Å². The van der Waals surface area contributed by atoms with E-state index >= 15 is 0 Å². The van der Waals surface area contributed by atoms with Gasteiger partial charge >= 0.3 is 0 Å². The molecule has 0 saturated carbocycles. The number of H-pyrrole nitrogens is 1. The molecule has 0 unspecified atom stereocenters. The van der Waals surface area contributed by atoms with E-state index in [1.807, 2.05) is 31.4 Å². The van der Waals surface area contributed by atoms with E-state index < -0.39 is 0 Å². The molecular formula is C15H15N7OS. The molecule has 1 atom stereocenters. The number of anilines is 1. The number of aromatic nitrogens is 6. The molecule has 8 nitrogen and oxygen atoms in total. The van der Waals surface area contributed by atoms with Crippen LogP contribution in [0.2, 0.25) is 0 Å². The number of rotatable bonds is 4. The summed E-state index contributed by atoms with van der Waals surface area (Å²) < 4.78 is 1.69. The van der Waals surface area contributed by atoms with Crippen molar-refractivity contribution in [3.8, 4) is 11.5 Å². The molecule has 0 aromatic carbocycles. The molecule has 122 valence electrons. The summed E-state index contributed by atoms with van der Waals surface area (Å²) >= 11 is 1.38. The minimum atomic E-state index is -0.183. The summed E-state index contributed by atoms with van der Waals surface area (Å²) in [5.41, 5.74) is 1.56. The van der Waals surface area contributed by atoms with Crippen LogP contribution in [0.4, 0.5) is 5.69 Å². The zero-order valence-corrected chi connectivity index (χ0v) is 13.8. The molecule has 9 heteroatoms. The molecule has 0 radical (unpaired) electrons. The van der Waals surface area contributed by atoms with Crippen LogP contribution < -0.4 is 4.90 Å². The van der Waals surface area contributed by atoms with Crippen molar-refractivity contribution in [1.29, 1.82) is 0 Å². The molecule has 1 aliphatic heterocycles. The van der Waals surface area contributed by atoms with Crippen LogP contribution in [0, 0.1) is 0 Å². The number of carbonyl (C=O) groups is 1. The van der Waals surface area contributed by atoms with Crippen LogP contribution in [0.1, 0.15) is 6.42 Å². The lowest BCUT2D eigenvalue weighted by molar-refractivity contribution is -0.116. The zero-order valence-electron chi connectivity index (χ0n) is 13.0. The third-order valence-corrected chi connectivity index (χ3v) is 4.89. The molecule has 3 aromatic rings. The van der Waals surface area contributed by atoms with E-state index in [0.29, 0.717) is 17.5 Å². The maximum absolute atomic E-state index is 12.6. The average Bonchev–Trinajstić information content (AvgIpc) is 3.31. The highest BCUT2D eigenvalue weighted by Crippen LogP contribution is 2.31. The Bertz CT molecular complexity index is 860. The van der Waals surface area contributed by atoms with Gasteiger partial charge in [0.05, 0.1) is 17.1 Å². The molecule has 1 aliphatic rings. The van der Waals surface area contributed by atoms with E-state index in [0.717, 1.165) is 17.8 Å². The maximum atomic E-state index is 12.6. The quantitative estimate of drug-likeness (QED) is 0.773. The Balaban J connectivity index is 1.47. The molecule has 24 heavy (non-hydrogen) atoms. The molecule has 1 amide bonds. The summed E-state index contributed by atoms with van der Waals surface area (Å²) in [6.07, 6.45) is 6.01. The van der Waals surface area contributed by atoms with Gasteiger partial charge in [-0.3, -0.25) is 19.6 Å². The molecule has 1 N–H and O–H groups in total. The first-order valence-electron chi connectivity index (χ1n) is 7.51. The minimum absolute atomic E-state index is 0.0668. The van der Waals surface area contributed by atoms with E-state index in [2.05, 4.69) is 25.3 Å². The van der Waals surface area contributed by atoms with Crippen LogP contribution in [-0.2, 0) is 11.8 Å². The molecular weight excluding hydrogens is 326 g/mol. The van der Waals surface area contributed by atoms with Crippen molar-refractivity contribution in [2.75, 3.05) is 11.4 Å². The summed E-state index contributed by atoms with van der Waals surface area (Å²) in [7, 11) is 1.84. The van der Waals surface area contributed by atoms with Crippen molar-refractivity contribution in [3.63, 3.8) is 0 Å². The van der Waals surface area contributed by atoms with E-state index in [4.69, 9.17) is 0 Å². The fourth-order valence-electron chi connectivity index (χ4n) is 2.61. The molecule has 3 aromatic heterocycles. The number of thioether (sulfide) groups is 1. The fraction of sp³-hybridized carbons (Fsp3) is 0.267. The highest BCUT2D eigenvalue weighted by Gasteiger charge is 2.34. The van der Waals surface area contributed by atoms with E-state index in [1.165, 1.54) is 11.8 Å². The third kappa shape index (κ3) is 2.78. The number of nitrogens with one attached hydrogen (secondary N) is 1. The highest BCUT2D eigenvalue weighted by atomic mass is 32.2. The smallest absolute Gasteiger partial charge is 0.240 e. The lowest BCUT2D eigenvalue weighted by atomic mass is 10.3. The second kappa shape index (κ2) is 6.08. The molecule has 4 heterocycles. The standard InChI is InChI=1S/C15H15N7OS/c1-21-9-10(8-17-21)22-7-5-12(14(22)23)24-15-18-13(19-20-15)11-4-2-3-6-16-11/h2-4,6,8-9,12H,5,7H2,1H3,(H,18,19,20)/t12-/m1/s1. The number of aryl methyl sites for hydroxylation is 1. The van der Waals surface area contributed by atoms with Gasteiger partial charge in [0.1, 0.15) is 5.69 Å². The third-order valence-electron chi connectivity index (χ3n) is 3.78. The van der Waals surface area contributed by atoms with Crippen molar-refractivity contribution in [2.45, 2.75) is 16.8 Å². The topological polar surface area (TPSA) is 92.6 Å². The summed E-state index contributed by atoms with van der Waals surface area (Å²) in [4.78, 5) is 23.0. The number of nitrogens with zero attached hydrogens (tertiary/aromatic N) is 6. The first-order valence-corrected chi connectivity index (χ1v) is 8.39. The van der Waals surface area contributed by atoms with Gasteiger partial charge in [0.2, 0.25) is 11.1 Å². The second-order valence-electron chi connectivity index (χ2n) is 5.44. The highest BCUT2D eigenvalue weighted by molar-refractivity contribution is 8.00. The largest absolute Gasteiger partial charge is 0.308 e. The van der Waals surface area contributed by atoms with Crippen molar-refractivity contribution in [2.24, 2.45) is 7.05 Å². The number of hydrogen-bond acceptors (Lipinski definition) is 6. The maximum Gasteiger partial charge on any atom is 0.240 e. The monoisotopic (exact) mass is 341 g/mol. The Morgan fingerprint density at radius 2 is 2.29 bits per heavy atom. The second-order valence-corrected chi connectivity index (χ2v) is 6.61. The number of amides is 1. The van der Waals surface area contributed by atoms with Gasteiger partial charge in [0, 0.05) is 26.0 Å². The first kappa shape index (κ1) is 14.9. The van der Waals surface area contributed by atoms with E-state index in [1.54, 1.807) is 22.0 Å². The summed E-state index contributed by atoms with van der Waals surface area (Å²) in [6.45, 7) is 0.680. The molecule has 1 saturated heterocycles. The molecule has 0 bridgehead atoms. The van der Waals surface area contributed by atoms with Gasteiger partial charge in [0.15, 0.2) is 5.82 Å². The lowest BCUT2D eigenvalue weighted by Gasteiger charge is -2.13. The SMILES string of the molecule is Cn1cc(N2CC[C@@H](Sc3n[nH]c(-c4ccccn4)n3)C2=O)cn1. The van der Waals surface area contributed by atoms with Crippen molar-refractivity contribution in [1.82, 2.24) is 29.9 Å². The fourth-order valence-corrected chi connectivity index (χ4v) is 3.56. The number of aromatic amines is 1. The Labute approximate surface area is 142 Å². The summed E-state index contributed by atoms with van der Waals surface area (Å²) in [6, 6.07) is 5.60. The van der Waals surface area contributed by atoms with Crippen molar-refractivity contribution in [3.05, 3.63) is 36.8 Å². The zero-order chi connectivity index (χ0) is 16.5. The van der Waals surface area contributed by atoms with Gasteiger partial charge in [0.25, 0.3) is 0 Å². The predicted molar refractivity (Wildman–Crippen MR) is 89.4 cm³/mol. The van der Waals surface area contributed by atoms with Gasteiger partial charge < -0.3 is 4.90 Å². The Kier molecular flexibility index (Phi) is 3.77. The van der Waals surface area contributed by atoms with Gasteiger partial charge in [-0.15, -0.1) is 5.10 Å². The molecule has 0 aliphatic carbocycles. The number of hydrogen-bond donors (Lipinski definition) is 1. The Morgan fingerprint density at radius 1 is 1.38 bits per heavy atom. The molecule has 4 rings (SSSR count). The van der Waals surface area contributed by atoms with Crippen LogP contribution >= 0.6 is 11.8 Å². The van der Waals surface area contributed by atoms with E-state index in [-0.39, 0.29) is 11.2 Å². The molecule has 0 spiro atoms. The van der Waals surface area contributed by atoms with E-state index in [9.17, 15) is 4.79 Å². The summed E-state index contributed by atoms with van der Waals surface area (Å²) in [5.74, 6) is 0.671. The Morgan fingerprint density at radius 3 is 3.04 bits per heavy atom. The van der Waals surface area contributed by atoms with Crippen LogP contribution in [0.5, 0.6) is 0 Å². The summed E-state index contributed by atoms with van der Waals surface area (Å²) in [5, 5.41) is 11.6. The normalized spacial score (nSPS) is 17.6. The van der Waals surface area contributed by atoms with Gasteiger partial charge in [-0.1, -0.05) is 17.8 Å². The lowest BCUT2D eigenvalue weighted by Crippen LogP contribution is -2.27. The first-order chi connectivity index (χ1) is 11.7. The van der Waals surface area contributed by atoms with Gasteiger partial charge in [-0.05, 0) is 18.6 Å².